The second-order valence-corrected chi connectivity index (χ2v) is 3.86. The van der Waals surface area contributed by atoms with Crippen molar-refractivity contribution in [3.05, 3.63) is 39.4 Å². The fraction of sp³-hybridized carbons (Fsp3) is 0.250. The van der Waals surface area contributed by atoms with Gasteiger partial charge in [0.25, 0.3) is 5.69 Å². The van der Waals surface area contributed by atoms with Crippen LogP contribution in [0.15, 0.2) is 18.2 Å². The van der Waals surface area contributed by atoms with Crippen molar-refractivity contribution in [2.75, 3.05) is 6.61 Å². The van der Waals surface area contributed by atoms with E-state index in [9.17, 15) is 24.5 Å². The quantitative estimate of drug-likeness (QED) is 0.342. The lowest BCUT2D eigenvalue weighted by Gasteiger charge is -2.10. The lowest BCUT2D eigenvalue weighted by atomic mass is 9.96. The number of hydrogen-bond donors (Lipinski definition) is 2. The number of carboxylic acid groups (broad SMARTS) is 2. The van der Waals surface area contributed by atoms with Gasteiger partial charge in [0.2, 0.25) is 0 Å². The molecule has 0 saturated heterocycles. The van der Waals surface area contributed by atoms with Gasteiger partial charge < -0.3 is 14.9 Å². The Morgan fingerprint density at radius 1 is 1.29 bits per heavy atom. The molecule has 0 atom stereocenters. The summed E-state index contributed by atoms with van der Waals surface area (Å²) < 4.78 is 4.64. The molecular formula is C12H11NO8. The second kappa shape index (κ2) is 6.46. The number of nitro benzene ring substituents is 1. The zero-order chi connectivity index (χ0) is 16.2. The number of carbonyl (C=O) groups is 3. The number of rotatable bonds is 6. The summed E-state index contributed by atoms with van der Waals surface area (Å²) in [5, 5.41) is 28.6. The van der Waals surface area contributed by atoms with Crippen LogP contribution < -0.4 is 0 Å². The number of hydrogen-bond acceptors (Lipinski definition) is 6. The van der Waals surface area contributed by atoms with Gasteiger partial charge in [-0.05, 0) is 18.6 Å². The van der Waals surface area contributed by atoms with Crippen molar-refractivity contribution < 1.29 is 34.3 Å². The van der Waals surface area contributed by atoms with Crippen molar-refractivity contribution in [2.24, 2.45) is 0 Å². The van der Waals surface area contributed by atoms with Gasteiger partial charge in [-0.1, -0.05) is 6.07 Å². The highest BCUT2D eigenvalue weighted by Gasteiger charge is 2.31. The van der Waals surface area contributed by atoms with Gasteiger partial charge in [0.1, 0.15) is 5.56 Å². The third kappa shape index (κ3) is 3.53. The Morgan fingerprint density at radius 2 is 1.86 bits per heavy atom. The smallest absolute Gasteiger partial charge is 0.345 e. The first kappa shape index (κ1) is 16.1. The number of nitrogens with zero attached hydrogens (tertiary/aromatic N) is 1. The molecule has 0 radical (unpaired) electrons. The van der Waals surface area contributed by atoms with E-state index < -0.39 is 40.0 Å². The van der Waals surface area contributed by atoms with Crippen LogP contribution in [0, 0.1) is 10.1 Å². The highest BCUT2D eigenvalue weighted by Crippen LogP contribution is 2.25. The van der Waals surface area contributed by atoms with Crippen LogP contribution >= 0.6 is 0 Å². The molecule has 0 aliphatic rings. The number of benzene rings is 1. The van der Waals surface area contributed by atoms with Crippen LogP contribution in [0.1, 0.15) is 28.8 Å². The number of nitro groups is 1. The average Bonchev–Trinajstić information content (AvgIpc) is 2.37. The Labute approximate surface area is 117 Å². The molecule has 9 heteroatoms. The van der Waals surface area contributed by atoms with E-state index in [1.54, 1.807) is 0 Å². The van der Waals surface area contributed by atoms with Gasteiger partial charge >= 0.3 is 17.9 Å². The molecule has 0 aliphatic heterocycles. The predicted molar refractivity (Wildman–Crippen MR) is 67.1 cm³/mol. The summed E-state index contributed by atoms with van der Waals surface area (Å²) in [6, 6.07) is 2.71. The lowest BCUT2D eigenvalue weighted by Crippen LogP contribution is -2.21. The Balaban J connectivity index is 3.42. The van der Waals surface area contributed by atoms with Crippen molar-refractivity contribution in [3.63, 3.8) is 0 Å². The maximum absolute atomic E-state index is 11.7. The number of esters is 1. The minimum absolute atomic E-state index is 0.0402. The highest BCUT2D eigenvalue weighted by atomic mass is 16.6. The number of carbonyl (C=O) groups excluding carboxylic acids is 1. The SMILES string of the molecule is CCOC(=O)c1cc(C(C(=O)O)C(=O)O)ccc1[N+](=O)[O-]. The van der Waals surface area contributed by atoms with Crippen LogP contribution in [0.4, 0.5) is 5.69 Å². The Bertz CT molecular complexity index is 595. The standard InChI is InChI=1S/C12H11NO8/c1-2-21-12(18)7-5-6(3-4-8(7)13(19)20)9(10(14)15)11(16)17/h3-5,9H,2H2,1H3,(H,14,15)(H,16,17). The van der Waals surface area contributed by atoms with Crippen molar-refractivity contribution in [2.45, 2.75) is 12.8 Å². The minimum atomic E-state index is -1.93. The molecule has 1 aromatic carbocycles. The van der Waals surface area contributed by atoms with E-state index in [1.165, 1.54) is 6.92 Å². The summed E-state index contributed by atoms with van der Waals surface area (Å²) in [7, 11) is 0. The summed E-state index contributed by atoms with van der Waals surface area (Å²) in [4.78, 5) is 43.5. The molecule has 0 spiro atoms. The third-order valence-corrected chi connectivity index (χ3v) is 2.54. The molecule has 0 amide bonds. The topological polar surface area (TPSA) is 144 Å². The zero-order valence-electron chi connectivity index (χ0n) is 10.8. The van der Waals surface area contributed by atoms with E-state index in [0.717, 1.165) is 18.2 Å². The molecule has 1 rings (SSSR count). The molecular weight excluding hydrogens is 286 g/mol. The fourth-order valence-electron chi connectivity index (χ4n) is 1.66. The molecule has 9 nitrogen and oxygen atoms in total. The van der Waals surface area contributed by atoms with Gasteiger partial charge in [-0.15, -0.1) is 0 Å². The molecule has 0 aliphatic carbocycles. The largest absolute Gasteiger partial charge is 0.480 e. The molecule has 0 fully saturated rings. The van der Waals surface area contributed by atoms with Crippen LogP contribution in [-0.2, 0) is 14.3 Å². The predicted octanol–water partition coefficient (Wildman–Crippen LogP) is 1.02. The summed E-state index contributed by atoms with van der Waals surface area (Å²) >= 11 is 0. The van der Waals surface area contributed by atoms with E-state index in [4.69, 9.17) is 10.2 Å². The monoisotopic (exact) mass is 297 g/mol. The average molecular weight is 297 g/mol. The van der Waals surface area contributed by atoms with Crippen LogP contribution in [0.2, 0.25) is 0 Å². The molecule has 0 unspecified atom stereocenters. The molecule has 0 aromatic heterocycles. The van der Waals surface area contributed by atoms with Crippen LogP contribution in [0.5, 0.6) is 0 Å². The van der Waals surface area contributed by atoms with Crippen molar-refractivity contribution in [1.82, 2.24) is 0 Å². The van der Waals surface area contributed by atoms with Gasteiger partial charge in [0.05, 0.1) is 11.5 Å². The van der Waals surface area contributed by atoms with Crippen molar-refractivity contribution in [1.29, 1.82) is 0 Å². The highest BCUT2D eigenvalue weighted by molar-refractivity contribution is 6.00. The zero-order valence-corrected chi connectivity index (χ0v) is 10.8. The Hall–Kier alpha value is -2.97. The van der Waals surface area contributed by atoms with E-state index >= 15 is 0 Å². The molecule has 112 valence electrons. The van der Waals surface area contributed by atoms with Crippen molar-refractivity contribution in [3.8, 4) is 0 Å². The Morgan fingerprint density at radius 3 is 2.29 bits per heavy atom. The summed E-state index contributed by atoms with van der Waals surface area (Å²) in [6.07, 6.45) is 0. The molecule has 21 heavy (non-hydrogen) atoms. The molecule has 1 aromatic rings. The van der Waals surface area contributed by atoms with E-state index in [-0.39, 0.29) is 12.2 Å². The van der Waals surface area contributed by atoms with Gasteiger partial charge in [-0.2, -0.15) is 0 Å². The summed E-state index contributed by atoms with van der Waals surface area (Å²) in [6.45, 7) is 1.45. The summed E-state index contributed by atoms with van der Waals surface area (Å²) in [5.74, 6) is -6.25. The van der Waals surface area contributed by atoms with Crippen LogP contribution in [0.3, 0.4) is 0 Å². The third-order valence-electron chi connectivity index (χ3n) is 2.54. The fourth-order valence-corrected chi connectivity index (χ4v) is 1.66. The molecule has 0 saturated carbocycles. The van der Waals surface area contributed by atoms with Gasteiger partial charge in [0, 0.05) is 6.07 Å². The lowest BCUT2D eigenvalue weighted by molar-refractivity contribution is -0.385. The first-order valence-electron chi connectivity index (χ1n) is 5.70. The Kier molecular flexibility index (Phi) is 4.95. The number of ether oxygens (including phenoxy) is 1. The summed E-state index contributed by atoms with van der Waals surface area (Å²) in [5.41, 5.74) is -1.35. The van der Waals surface area contributed by atoms with Crippen LogP contribution in [0.25, 0.3) is 0 Å². The van der Waals surface area contributed by atoms with E-state index in [1.807, 2.05) is 0 Å². The second-order valence-electron chi connectivity index (χ2n) is 3.86. The van der Waals surface area contributed by atoms with Gasteiger partial charge in [0.15, 0.2) is 5.92 Å². The minimum Gasteiger partial charge on any atom is -0.480 e. The number of aliphatic carboxylic acids is 2. The van der Waals surface area contributed by atoms with Crippen molar-refractivity contribution >= 4 is 23.6 Å². The molecule has 0 bridgehead atoms. The first-order chi connectivity index (χ1) is 9.79. The van der Waals surface area contributed by atoms with Gasteiger partial charge in [-0.3, -0.25) is 19.7 Å². The maximum atomic E-state index is 11.7. The molecule has 2 N–H and O–H groups in total. The normalized spacial score (nSPS) is 10.2. The molecule has 0 heterocycles. The first-order valence-corrected chi connectivity index (χ1v) is 5.70. The number of carboxylic acids is 2. The van der Waals surface area contributed by atoms with Crippen LogP contribution in [-0.4, -0.2) is 39.7 Å². The van der Waals surface area contributed by atoms with E-state index in [0.29, 0.717) is 0 Å². The van der Waals surface area contributed by atoms with Gasteiger partial charge in [-0.25, -0.2) is 4.79 Å². The van der Waals surface area contributed by atoms with E-state index in [2.05, 4.69) is 4.74 Å². The maximum Gasteiger partial charge on any atom is 0.345 e.